The topological polar surface area (TPSA) is 80.2 Å². The number of carbonyl (C=O) groups excluding carboxylic acids is 1. The first-order valence-electron chi connectivity index (χ1n) is 5.17. The lowest BCUT2D eigenvalue weighted by atomic mass is 10.1. The number of amides is 1. The van der Waals surface area contributed by atoms with Gasteiger partial charge in [-0.3, -0.25) is 9.69 Å². The predicted molar refractivity (Wildman–Crippen MR) is 70.1 cm³/mol. The molecule has 1 saturated heterocycles. The Kier molecular flexibility index (Phi) is 4.07. The Hall–Kier alpha value is -0.800. The molecule has 0 radical (unpaired) electrons. The summed E-state index contributed by atoms with van der Waals surface area (Å²) in [5, 5.41) is 0.138. The summed E-state index contributed by atoms with van der Waals surface area (Å²) in [5.74, 6) is -1.56. The zero-order valence-electron chi connectivity index (χ0n) is 9.38. The molecule has 19 heavy (non-hydrogen) atoms. The molecule has 0 aliphatic carbocycles. The van der Waals surface area contributed by atoms with Crippen molar-refractivity contribution in [2.45, 2.75) is 6.42 Å². The fraction of sp³-hybridized carbons (Fsp3) is 0.444. The maximum Gasteiger partial charge on any atom is 0.302 e. The van der Waals surface area contributed by atoms with Gasteiger partial charge in [0.2, 0.25) is 11.9 Å². The Morgan fingerprint density at radius 2 is 2.26 bits per heavy atom. The van der Waals surface area contributed by atoms with Crippen molar-refractivity contribution in [3.63, 3.8) is 0 Å². The van der Waals surface area contributed by atoms with Gasteiger partial charge in [0, 0.05) is 25.1 Å². The first-order valence-corrected chi connectivity index (χ1v) is 7.89. The fourth-order valence-electron chi connectivity index (χ4n) is 1.84. The second kappa shape index (κ2) is 5.29. The monoisotopic (exact) mass is 371 g/mol. The van der Waals surface area contributed by atoms with Gasteiger partial charge in [-0.1, -0.05) is 11.6 Å². The summed E-state index contributed by atoms with van der Waals surface area (Å²) in [6.07, 6.45) is 1.33. The molecule has 0 bridgehead atoms. The molecule has 6 nitrogen and oxygen atoms in total. The van der Waals surface area contributed by atoms with Crippen molar-refractivity contribution in [2.75, 3.05) is 17.2 Å². The van der Waals surface area contributed by atoms with Crippen molar-refractivity contribution in [2.24, 2.45) is 5.92 Å². The molecule has 1 aliphatic rings. The van der Waals surface area contributed by atoms with Crippen molar-refractivity contribution < 1.29 is 17.1 Å². The molecule has 0 aromatic carbocycles. The van der Waals surface area contributed by atoms with Crippen molar-refractivity contribution in [3.8, 4) is 0 Å². The number of nitrogens with zero attached hydrogens (tertiary/aromatic N) is 3. The van der Waals surface area contributed by atoms with E-state index in [1.165, 1.54) is 11.1 Å². The minimum atomic E-state index is -4.60. The van der Waals surface area contributed by atoms with Crippen molar-refractivity contribution in [1.29, 1.82) is 0 Å². The summed E-state index contributed by atoms with van der Waals surface area (Å²) < 4.78 is 34.2. The van der Waals surface area contributed by atoms with Gasteiger partial charge in [0.25, 0.3) is 0 Å². The fourth-order valence-corrected chi connectivity index (χ4v) is 2.94. The zero-order valence-corrected chi connectivity index (χ0v) is 12.5. The van der Waals surface area contributed by atoms with Crippen LogP contribution in [0.25, 0.3) is 0 Å². The van der Waals surface area contributed by atoms with E-state index in [9.17, 15) is 17.1 Å². The molecular weight excluding hydrogens is 365 g/mol. The van der Waals surface area contributed by atoms with E-state index in [1.807, 2.05) is 0 Å². The lowest BCUT2D eigenvalue weighted by molar-refractivity contribution is -0.117. The van der Waals surface area contributed by atoms with E-state index >= 15 is 0 Å². The molecule has 1 aromatic rings. The highest BCUT2D eigenvalue weighted by molar-refractivity contribution is 9.10. The normalized spacial score (nSPS) is 20.1. The van der Waals surface area contributed by atoms with Crippen molar-refractivity contribution in [1.82, 2.24) is 9.97 Å². The number of anilines is 1. The van der Waals surface area contributed by atoms with Gasteiger partial charge in [-0.15, -0.1) is 3.89 Å². The Labute approximate surface area is 122 Å². The van der Waals surface area contributed by atoms with Crippen LogP contribution in [0.15, 0.2) is 10.7 Å². The van der Waals surface area contributed by atoms with E-state index in [2.05, 4.69) is 25.9 Å². The highest BCUT2D eigenvalue weighted by Crippen LogP contribution is 2.26. The Morgan fingerprint density at radius 1 is 1.58 bits per heavy atom. The number of aromatic nitrogens is 2. The van der Waals surface area contributed by atoms with Gasteiger partial charge in [-0.25, -0.2) is 4.98 Å². The molecule has 0 N–H and O–H groups in total. The molecule has 1 fully saturated rings. The molecule has 10 heteroatoms. The number of hydrogen-bond acceptors (Lipinski definition) is 5. The summed E-state index contributed by atoms with van der Waals surface area (Å²) in [6.45, 7) is 0.0555. The minimum absolute atomic E-state index is 0.0554. The van der Waals surface area contributed by atoms with Gasteiger partial charge in [0.15, 0.2) is 0 Å². The average Bonchev–Trinajstić information content (AvgIpc) is 2.61. The number of hydrogen-bond donors (Lipinski definition) is 0. The first kappa shape index (κ1) is 14.6. The third kappa shape index (κ3) is 3.61. The summed E-state index contributed by atoms with van der Waals surface area (Å²) in [5.41, 5.74) is 0. The molecule has 1 amide bonds. The molecular formula is C9H8BrClFN3O3S. The van der Waals surface area contributed by atoms with Crippen LogP contribution in [0.3, 0.4) is 0 Å². The Morgan fingerprint density at radius 3 is 2.84 bits per heavy atom. The third-order valence-corrected chi connectivity index (χ3v) is 4.54. The van der Waals surface area contributed by atoms with Crippen LogP contribution in [0.4, 0.5) is 9.83 Å². The van der Waals surface area contributed by atoms with E-state index in [0.717, 1.165) is 0 Å². The number of rotatable bonds is 3. The van der Waals surface area contributed by atoms with E-state index < -0.39 is 21.9 Å². The van der Waals surface area contributed by atoms with Crippen LogP contribution in [0.2, 0.25) is 5.15 Å². The van der Waals surface area contributed by atoms with Gasteiger partial charge < -0.3 is 0 Å². The zero-order chi connectivity index (χ0) is 14.2. The number of halogens is 3. The lowest BCUT2D eigenvalue weighted by Gasteiger charge is -2.14. The molecule has 1 unspecified atom stereocenters. The van der Waals surface area contributed by atoms with Gasteiger partial charge in [-0.05, 0) is 15.9 Å². The van der Waals surface area contributed by atoms with Gasteiger partial charge >= 0.3 is 10.2 Å². The van der Waals surface area contributed by atoms with Crippen molar-refractivity contribution >= 4 is 49.6 Å². The minimum Gasteiger partial charge on any atom is -0.280 e. The Balaban J connectivity index is 2.18. The molecule has 1 aliphatic heterocycles. The molecule has 1 atom stereocenters. The largest absolute Gasteiger partial charge is 0.302 e. The van der Waals surface area contributed by atoms with Gasteiger partial charge in [0.1, 0.15) is 5.15 Å². The van der Waals surface area contributed by atoms with E-state index in [0.29, 0.717) is 4.47 Å². The van der Waals surface area contributed by atoms with Crippen LogP contribution in [0.1, 0.15) is 6.42 Å². The third-order valence-electron chi connectivity index (χ3n) is 2.57. The predicted octanol–water partition coefficient (Wildman–Crippen LogP) is 1.54. The molecule has 2 rings (SSSR count). The van der Waals surface area contributed by atoms with Crippen LogP contribution in [-0.4, -0.2) is 36.6 Å². The SMILES string of the molecule is O=C1CC(CS(=O)(=O)F)CN1c1ncc(Br)c(Cl)n1. The van der Waals surface area contributed by atoms with Gasteiger partial charge in [0.05, 0.1) is 10.2 Å². The van der Waals surface area contributed by atoms with Crippen LogP contribution in [0.5, 0.6) is 0 Å². The van der Waals surface area contributed by atoms with E-state index in [1.54, 1.807) is 0 Å². The quantitative estimate of drug-likeness (QED) is 0.594. The standard InChI is InChI=1S/C9H8BrClFN3O3S/c10-6-2-13-9(14-8(6)11)15-3-5(1-7(15)16)4-19(12,17)18/h2,5H,1,3-4H2. The second-order valence-electron chi connectivity index (χ2n) is 4.09. The number of carbonyl (C=O) groups is 1. The molecule has 0 spiro atoms. The smallest absolute Gasteiger partial charge is 0.280 e. The summed E-state index contributed by atoms with van der Waals surface area (Å²) in [7, 11) is -4.60. The molecule has 104 valence electrons. The van der Waals surface area contributed by atoms with Crippen LogP contribution >= 0.6 is 27.5 Å². The second-order valence-corrected chi connectivity index (χ2v) is 6.71. The van der Waals surface area contributed by atoms with Crippen LogP contribution in [0, 0.1) is 5.92 Å². The summed E-state index contributed by atoms with van der Waals surface area (Å²) in [4.78, 5) is 20.8. The maximum atomic E-state index is 12.6. The van der Waals surface area contributed by atoms with Crippen LogP contribution < -0.4 is 4.90 Å². The lowest BCUT2D eigenvalue weighted by Crippen LogP contribution is -2.27. The molecule has 1 aromatic heterocycles. The highest BCUT2D eigenvalue weighted by Gasteiger charge is 2.35. The average molecular weight is 373 g/mol. The maximum absolute atomic E-state index is 12.6. The van der Waals surface area contributed by atoms with E-state index in [-0.39, 0.29) is 30.0 Å². The Bertz CT molecular complexity index is 627. The van der Waals surface area contributed by atoms with Crippen LogP contribution in [-0.2, 0) is 15.0 Å². The highest BCUT2D eigenvalue weighted by atomic mass is 79.9. The summed E-state index contributed by atoms with van der Waals surface area (Å²) in [6, 6.07) is 0. The molecule has 0 saturated carbocycles. The van der Waals surface area contributed by atoms with Crippen molar-refractivity contribution in [3.05, 3.63) is 15.8 Å². The molecule has 2 heterocycles. The first-order chi connectivity index (χ1) is 8.76. The van der Waals surface area contributed by atoms with Gasteiger partial charge in [-0.2, -0.15) is 13.4 Å². The summed E-state index contributed by atoms with van der Waals surface area (Å²) >= 11 is 8.91. The van der Waals surface area contributed by atoms with E-state index in [4.69, 9.17) is 11.6 Å².